The highest BCUT2D eigenvalue weighted by Gasteiger charge is 2.38. The van der Waals surface area contributed by atoms with Crippen LogP contribution in [-0.2, 0) is 4.74 Å². The van der Waals surface area contributed by atoms with Gasteiger partial charge in [-0.05, 0) is 11.8 Å². The van der Waals surface area contributed by atoms with Crippen molar-refractivity contribution in [2.75, 3.05) is 0 Å². The Kier molecular flexibility index (Phi) is 3.53. The summed E-state index contributed by atoms with van der Waals surface area (Å²) in [5.41, 5.74) is 5.56. The fourth-order valence-electron chi connectivity index (χ4n) is 1.57. The molecule has 0 amide bonds. The predicted octanol–water partition coefficient (Wildman–Crippen LogP) is 0.0323. The molecule has 1 saturated heterocycles. The molecule has 4 N–H and O–H groups in total. The van der Waals surface area contributed by atoms with Gasteiger partial charge in [0.1, 0.15) is 18.8 Å². The molecule has 4 atom stereocenters. The van der Waals surface area contributed by atoms with Crippen molar-refractivity contribution in [1.82, 2.24) is 0 Å². The molecule has 83 valence electrons. The summed E-state index contributed by atoms with van der Waals surface area (Å²) in [7, 11) is 0. The lowest BCUT2D eigenvalue weighted by molar-refractivity contribution is -0.129. The SMILES string of the molecule is CC(C)(C)C[C@H]1O[CH][C@H](N)[C@@H](O)[C@@H]1O. The smallest absolute Gasteiger partial charge is 0.108 e. The number of ether oxygens (including phenoxy) is 1. The second kappa shape index (κ2) is 4.14. The van der Waals surface area contributed by atoms with Crippen LogP contribution in [0.25, 0.3) is 0 Å². The second-order valence-electron chi connectivity index (χ2n) is 5.13. The van der Waals surface area contributed by atoms with E-state index in [-0.39, 0.29) is 11.5 Å². The van der Waals surface area contributed by atoms with Crippen molar-refractivity contribution in [2.24, 2.45) is 11.1 Å². The molecule has 4 heteroatoms. The number of aliphatic hydroxyl groups excluding tert-OH is 2. The fraction of sp³-hybridized carbons (Fsp3) is 0.900. The number of nitrogens with two attached hydrogens (primary N) is 1. The zero-order chi connectivity index (χ0) is 10.9. The van der Waals surface area contributed by atoms with Gasteiger partial charge in [-0.15, -0.1) is 0 Å². The third-order valence-electron chi connectivity index (χ3n) is 2.35. The summed E-state index contributed by atoms with van der Waals surface area (Å²) in [6.45, 7) is 7.59. The summed E-state index contributed by atoms with van der Waals surface area (Å²) in [6.07, 6.45) is -1.48. The van der Waals surface area contributed by atoms with Crippen LogP contribution in [0.15, 0.2) is 0 Å². The Bertz CT molecular complexity index is 190. The summed E-state index contributed by atoms with van der Waals surface area (Å²) >= 11 is 0. The Balaban J connectivity index is 2.55. The van der Waals surface area contributed by atoms with Crippen molar-refractivity contribution < 1.29 is 14.9 Å². The minimum atomic E-state index is -0.920. The van der Waals surface area contributed by atoms with Crippen LogP contribution in [0.5, 0.6) is 0 Å². The Labute approximate surface area is 85.1 Å². The van der Waals surface area contributed by atoms with Crippen molar-refractivity contribution >= 4 is 0 Å². The Hall–Kier alpha value is -0.160. The van der Waals surface area contributed by atoms with Crippen LogP contribution in [0.2, 0.25) is 0 Å². The minimum absolute atomic E-state index is 0.0562. The van der Waals surface area contributed by atoms with Gasteiger partial charge < -0.3 is 20.7 Å². The first-order valence-corrected chi connectivity index (χ1v) is 4.92. The minimum Gasteiger partial charge on any atom is -0.389 e. The number of hydrogen-bond acceptors (Lipinski definition) is 4. The van der Waals surface area contributed by atoms with Crippen LogP contribution in [0.3, 0.4) is 0 Å². The topological polar surface area (TPSA) is 75.7 Å². The van der Waals surface area contributed by atoms with Gasteiger partial charge in [0.2, 0.25) is 0 Å². The van der Waals surface area contributed by atoms with Gasteiger partial charge in [-0.2, -0.15) is 0 Å². The normalized spacial score (nSPS) is 39.9. The lowest BCUT2D eigenvalue weighted by Crippen LogP contribution is -2.54. The molecule has 14 heavy (non-hydrogen) atoms. The molecule has 1 radical (unpaired) electrons. The molecular weight excluding hydrogens is 182 g/mol. The van der Waals surface area contributed by atoms with Crippen molar-refractivity contribution in [3.8, 4) is 0 Å². The van der Waals surface area contributed by atoms with E-state index in [1.54, 1.807) is 0 Å². The molecule has 0 spiro atoms. The van der Waals surface area contributed by atoms with Crippen LogP contribution in [0.4, 0.5) is 0 Å². The zero-order valence-corrected chi connectivity index (χ0v) is 8.97. The number of rotatable bonds is 1. The summed E-state index contributed by atoms with van der Waals surface area (Å²) < 4.78 is 5.29. The van der Waals surface area contributed by atoms with Gasteiger partial charge in [0.05, 0.1) is 12.1 Å². The van der Waals surface area contributed by atoms with Gasteiger partial charge in [-0.1, -0.05) is 20.8 Å². The number of aliphatic hydroxyl groups is 2. The van der Waals surface area contributed by atoms with E-state index in [0.717, 1.165) is 0 Å². The summed E-state index contributed by atoms with van der Waals surface area (Å²) in [6, 6.07) is -0.596. The molecule has 0 aliphatic carbocycles. The lowest BCUT2D eigenvalue weighted by atomic mass is 9.84. The maximum atomic E-state index is 9.70. The maximum absolute atomic E-state index is 9.70. The van der Waals surface area contributed by atoms with Crippen LogP contribution in [0.1, 0.15) is 27.2 Å². The fourth-order valence-corrected chi connectivity index (χ4v) is 1.57. The number of hydrogen-bond donors (Lipinski definition) is 3. The van der Waals surface area contributed by atoms with E-state index in [2.05, 4.69) is 20.8 Å². The molecule has 0 unspecified atom stereocenters. The quantitative estimate of drug-likeness (QED) is 0.561. The molecule has 0 aromatic carbocycles. The van der Waals surface area contributed by atoms with Gasteiger partial charge in [-0.25, -0.2) is 0 Å². The van der Waals surface area contributed by atoms with Crippen molar-refractivity contribution in [3.63, 3.8) is 0 Å². The van der Waals surface area contributed by atoms with Crippen LogP contribution >= 0.6 is 0 Å². The van der Waals surface area contributed by atoms with Gasteiger partial charge in [0, 0.05) is 0 Å². The highest BCUT2D eigenvalue weighted by molar-refractivity contribution is 4.95. The van der Waals surface area contributed by atoms with E-state index < -0.39 is 18.2 Å². The lowest BCUT2D eigenvalue weighted by Gasteiger charge is -2.38. The van der Waals surface area contributed by atoms with Gasteiger partial charge >= 0.3 is 0 Å². The first-order valence-electron chi connectivity index (χ1n) is 4.92. The maximum Gasteiger partial charge on any atom is 0.108 e. The highest BCUT2D eigenvalue weighted by atomic mass is 16.5. The summed E-state index contributed by atoms with van der Waals surface area (Å²) in [5, 5.41) is 19.2. The van der Waals surface area contributed by atoms with Crippen LogP contribution in [0, 0.1) is 12.0 Å². The van der Waals surface area contributed by atoms with Gasteiger partial charge in [0.15, 0.2) is 0 Å². The molecule has 1 aliphatic rings. The third-order valence-corrected chi connectivity index (χ3v) is 2.35. The summed E-state index contributed by atoms with van der Waals surface area (Å²) in [5.74, 6) is 0. The molecule has 4 nitrogen and oxygen atoms in total. The average Bonchev–Trinajstić information content (AvgIpc) is 2.04. The Morgan fingerprint density at radius 1 is 1.29 bits per heavy atom. The highest BCUT2D eigenvalue weighted by Crippen LogP contribution is 2.28. The molecule has 0 aromatic heterocycles. The molecule has 1 rings (SSSR count). The van der Waals surface area contributed by atoms with Crippen molar-refractivity contribution in [1.29, 1.82) is 0 Å². The van der Waals surface area contributed by atoms with Gasteiger partial charge in [-0.3, -0.25) is 0 Å². The largest absolute Gasteiger partial charge is 0.389 e. The molecule has 1 fully saturated rings. The zero-order valence-electron chi connectivity index (χ0n) is 8.97. The third kappa shape index (κ3) is 2.92. The second-order valence-corrected chi connectivity index (χ2v) is 5.13. The van der Waals surface area contributed by atoms with E-state index in [9.17, 15) is 10.2 Å². The van der Waals surface area contributed by atoms with E-state index in [1.807, 2.05) is 0 Å². The van der Waals surface area contributed by atoms with E-state index in [1.165, 1.54) is 6.61 Å². The standard InChI is InChI=1S/C10H20NO3/c1-10(2,3)4-7-9(13)8(12)6(11)5-14-7/h5-9,12-13H,4,11H2,1-3H3/t6-,7+,8+,9+/m0/s1. The first-order chi connectivity index (χ1) is 6.31. The first kappa shape index (κ1) is 11.9. The molecular formula is C10H20NO3. The molecule has 0 saturated carbocycles. The predicted molar refractivity (Wildman–Crippen MR) is 53.2 cm³/mol. The van der Waals surface area contributed by atoms with Crippen molar-refractivity contribution in [2.45, 2.75) is 51.5 Å². The molecule has 0 aromatic rings. The monoisotopic (exact) mass is 202 g/mol. The van der Waals surface area contributed by atoms with Crippen molar-refractivity contribution in [3.05, 3.63) is 6.61 Å². The van der Waals surface area contributed by atoms with Gasteiger partial charge in [0.25, 0.3) is 0 Å². The molecule has 1 aliphatic heterocycles. The van der Waals surface area contributed by atoms with E-state index in [4.69, 9.17) is 10.5 Å². The molecule has 0 bridgehead atoms. The molecule has 1 heterocycles. The average molecular weight is 202 g/mol. The van der Waals surface area contributed by atoms with E-state index in [0.29, 0.717) is 6.42 Å². The summed E-state index contributed by atoms with van der Waals surface area (Å²) in [4.78, 5) is 0. The Morgan fingerprint density at radius 3 is 2.36 bits per heavy atom. The van der Waals surface area contributed by atoms with Crippen LogP contribution in [-0.4, -0.2) is 34.6 Å². The Morgan fingerprint density at radius 2 is 1.86 bits per heavy atom. The van der Waals surface area contributed by atoms with E-state index >= 15 is 0 Å². The van der Waals surface area contributed by atoms with Crippen LogP contribution < -0.4 is 5.73 Å².